The molecule has 1 heterocycles. The number of likely N-dealkylation sites (tertiary alicyclic amines) is 1. The van der Waals surface area contributed by atoms with Crippen LogP contribution in [0.2, 0.25) is 0 Å². The first-order valence-electron chi connectivity index (χ1n) is 10.5. The number of hydrogen-bond donors (Lipinski definition) is 1. The molecule has 1 aromatic rings. The minimum Gasteiger partial charge on any atom is -0.493 e. The van der Waals surface area contributed by atoms with E-state index in [-0.39, 0.29) is 0 Å². The number of hydrogen-bond acceptors (Lipinski definition) is 5. The van der Waals surface area contributed by atoms with Crippen molar-refractivity contribution in [3.05, 3.63) is 17.7 Å². The summed E-state index contributed by atoms with van der Waals surface area (Å²) in [5.41, 5.74) is 1.11. The Morgan fingerprint density at radius 1 is 0.926 bits per heavy atom. The predicted molar refractivity (Wildman–Crippen MR) is 109 cm³/mol. The Morgan fingerprint density at radius 3 is 2.41 bits per heavy atom. The van der Waals surface area contributed by atoms with E-state index in [9.17, 15) is 0 Å². The highest BCUT2D eigenvalue weighted by Crippen LogP contribution is 2.39. The maximum absolute atomic E-state index is 5.62. The van der Waals surface area contributed by atoms with Gasteiger partial charge in [-0.15, -0.1) is 0 Å². The highest BCUT2D eigenvalue weighted by atomic mass is 16.5. The average molecular weight is 377 g/mol. The summed E-state index contributed by atoms with van der Waals surface area (Å²) in [6.07, 6.45) is 9.69. The number of piperidine rings is 1. The Labute approximate surface area is 164 Å². The Hall–Kier alpha value is -1.46. The second kappa shape index (κ2) is 10.2. The van der Waals surface area contributed by atoms with Gasteiger partial charge in [0.05, 0.1) is 21.3 Å². The summed E-state index contributed by atoms with van der Waals surface area (Å²) in [5, 5.41) is 3.75. The van der Waals surface area contributed by atoms with Crippen LogP contribution in [0.5, 0.6) is 17.2 Å². The zero-order valence-corrected chi connectivity index (χ0v) is 17.3. The number of nitrogens with one attached hydrogen (secondary N) is 1. The van der Waals surface area contributed by atoms with E-state index < -0.39 is 0 Å². The molecule has 0 spiro atoms. The maximum Gasteiger partial charge on any atom is 0.203 e. The molecule has 1 aliphatic heterocycles. The molecule has 1 N–H and O–H groups in total. The molecule has 2 aliphatic rings. The summed E-state index contributed by atoms with van der Waals surface area (Å²) in [6.45, 7) is 4.49. The van der Waals surface area contributed by atoms with Crippen LogP contribution in [0.1, 0.15) is 50.5 Å². The third-order valence-corrected chi connectivity index (χ3v) is 6.11. The second-order valence-corrected chi connectivity index (χ2v) is 7.98. The van der Waals surface area contributed by atoms with Crippen LogP contribution < -0.4 is 19.5 Å². The van der Waals surface area contributed by atoms with Gasteiger partial charge in [0.2, 0.25) is 5.75 Å². The van der Waals surface area contributed by atoms with Gasteiger partial charge in [-0.25, -0.2) is 0 Å². The number of ether oxygens (including phenoxy) is 3. The molecular formula is C22H36N2O3. The zero-order valence-electron chi connectivity index (χ0n) is 17.3. The lowest BCUT2D eigenvalue weighted by Gasteiger charge is -2.36. The topological polar surface area (TPSA) is 43.0 Å². The fourth-order valence-corrected chi connectivity index (χ4v) is 4.68. The fourth-order valence-electron chi connectivity index (χ4n) is 4.68. The summed E-state index contributed by atoms with van der Waals surface area (Å²) in [5.74, 6) is 3.05. The van der Waals surface area contributed by atoms with Crippen LogP contribution in [0.25, 0.3) is 0 Å². The van der Waals surface area contributed by atoms with Gasteiger partial charge in [0.15, 0.2) is 11.5 Å². The Balaban J connectivity index is 1.56. The Morgan fingerprint density at radius 2 is 1.70 bits per heavy atom. The number of benzene rings is 1. The molecule has 5 heteroatoms. The van der Waals surface area contributed by atoms with Crippen LogP contribution in [0.3, 0.4) is 0 Å². The lowest BCUT2D eigenvalue weighted by Crippen LogP contribution is -2.47. The molecule has 0 amide bonds. The summed E-state index contributed by atoms with van der Waals surface area (Å²) in [4.78, 5) is 2.68. The second-order valence-electron chi connectivity index (χ2n) is 7.98. The van der Waals surface area contributed by atoms with Crippen molar-refractivity contribution in [1.82, 2.24) is 10.2 Å². The number of rotatable bonds is 8. The van der Waals surface area contributed by atoms with E-state index >= 15 is 0 Å². The van der Waals surface area contributed by atoms with Crippen molar-refractivity contribution in [2.24, 2.45) is 5.92 Å². The lowest BCUT2D eigenvalue weighted by molar-refractivity contribution is 0.149. The first-order chi connectivity index (χ1) is 13.2. The van der Waals surface area contributed by atoms with Crippen molar-refractivity contribution in [3.63, 3.8) is 0 Å². The Kier molecular flexibility index (Phi) is 7.65. The lowest BCUT2D eigenvalue weighted by atomic mass is 9.88. The molecule has 1 aliphatic carbocycles. The van der Waals surface area contributed by atoms with Crippen LogP contribution in [0, 0.1) is 5.92 Å². The van der Waals surface area contributed by atoms with Gasteiger partial charge in [-0.3, -0.25) is 0 Å². The largest absolute Gasteiger partial charge is 0.493 e. The molecule has 0 bridgehead atoms. The normalized spacial score (nSPS) is 21.8. The van der Waals surface area contributed by atoms with Gasteiger partial charge in [-0.1, -0.05) is 25.3 Å². The molecule has 1 saturated heterocycles. The average Bonchev–Trinajstić information content (AvgIpc) is 2.72. The van der Waals surface area contributed by atoms with Crippen LogP contribution in [0.4, 0.5) is 0 Å². The Bertz CT molecular complexity index is 587. The third kappa shape index (κ3) is 5.29. The molecule has 2 fully saturated rings. The fraction of sp³-hybridized carbons (Fsp3) is 0.727. The smallest absolute Gasteiger partial charge is 0.203 e. The van der Waals surface area contributed by atoms with Gasteiger partial charge in [-0.2, -0.15) is 0 Å². The molecule has 0 radical (unpaired) electrons. The van der Waals surface area contributed by atoms with E-state index in [1.54, 1.807) is 21.3 Å². The summed E-state index contributed by atoms with van der Waals surface area (Å²) in [7, 11) is 4.99. The van der Waals surface area contributed by atoms with Gasteiger partial charge >= 0.3 is 0 Å². The van der Waals surface area contributed by atoms with Crippen LogP contribution in [0.15, 0.2) is 12.1 Å². The van der Waals surface area contributed by atoms with Crippen molar-refractivity contribution in [1.29, 1.82) is 0 Å². The van der Waals surface area contributed by atoms with E-state index in [1.807, 2.05) is 6.07 Å². The minimum absolute atomic E-state index is 0.542. The molecule has 1 aromatic carbocycles. The first-order valence-corrected chi connectivity index (χ1v) is 10.5. The molecule has 152 valence electrons. The van der Waals surface area contributed by atoms with E-state index in [0.717, 1.165) is 30.3 Å². The van der Waals surface area contributed by atoms with E-state index in [4.69, 9.17) is 14.2 Å². The van der Waals surface area contributed by atoms with Crippen molar-refractivity contribution >= 4 is 0 Å². The standard InChI is InChI=1S/C22H36N2O3/c1-25-20-12-11-18(21(26-2)22(20)27-3)14-23-19-10-7-13-24(16-19)15-17-8-5-4-6-9-17/h11-12,17,19,23H,4-10,13-16H2,1-3H3/t19-/m1/s1. The molecule has 27 heavy (non-hydrogen) atoms. The van der Waals surface area contributed by atoms with E-state index in [2.05, 4.69) is 16.3 Å². The molecule has 3 rings (SSSR count). The van der Waals surface area contributed by atoms with Gasteiger partial charge in [0.25, 0.3) is 0 Å². The zero-order chi connectivity index (χ0) is 19.1. The quantitative estimate of drug-likeness (QED) is 0.747. The molecular weight excluding hydrogens is 340 g/mol. The van der Waals surface area contributed by atoms with Crippen molar-refractivity contribution in [2.75, 3.05) is 41.0 Å². The predicted octanol–water partition coefficient (Wildman–Crippen LogP) is 3.85. The molecule has 5 nitrogen and oxygen atoms in total. The molecule has 0 unspecified atom stereocenters. The van der Waals surface area contributed by atoms with E-state index in [0.29, 0.717) is 17.5 Å². The summed E-state index contributed by atoms with van der Waals surface area (Å²) < 4.78 is 16.5. The highest BCUT2D eigenvalue weighted by molar-refractivity contribution is 5.55. The number of methoxy groups -OCH3 is 3. The summed E-state index contributed by atoms with van der Waals surface area (Å²) in [6, 6.07) is 4.56. The van der Waals surface area contributed by atoms with Crippen LogP contribution >= 0.6 is 0 Å². The van der Waals surface area contributed by atoms with Gasteiger partial charge in [0.1, 0.15) is 0 Å². The van der Waals surface area contributed by atoms with Gasteiger partial charge in [-0.05, 0) is 44.2 Å². The molecule has 1 saturated carbocycles. The van der Waals surface area contributed by atoms with Gasteiger partial charge < -0.3 is 24.4 Å². The van der Waals surface area contributed by atoms with E-state index in [1.165, 1.54) is 58.0 Å². The maximum atomic E-state index is 5.62. The molecule has 1 atom stereocenters. The van der Waals surface area contributed by atoms with Crippen LogP contribution in [-0.2, 0) is 6.54 Å². The van der Waals surface area contributed by atoms with Crippen molar-refractivity contribution in [3.8, 4) is 17.2 Å². The van der Waals surface area contributed by atoms with Crippen LogP contribution in [-0.4, -0.2) is 51.9 Å². The van der Waals surface area contributed by atoms with Gasteiger partial charge in [0, 0.05) is 31.2 Å². The SMILES string of the molecule is COc1ccc(CN[C@@H]2CCCN(CC3CCCCC3)C2)c(OC)c1OC. The summed E-state index contributed by atoms with van der Waals surface area (Å²) >= 11 is 0. The monoisotopic (exact) mass is 376 g/mol. The number of nitrogens with zero attached hydrogens (tertiary/aromatic N) is 1. The van der Waals surface area contributed by atoms with Crippen molar-refractivity contribution < 1.29 is 14.2 Å². The minimum atomic E-state index is 0.542. The highest BCUT2D eigenvalue weighted by Gasteiger charge is 2.24. The first kappa shape index (κ1) is 20.3. The molecule has 0 aromatic heterocycles. The van der Waals surface area contributed by atoms with Crippen molar-refractivity contribution in [2.45, 2.75) is 57.5 Å². The third-order valence-electron chi connectivity index (χ3n) is 6.11.